The largest absolute Gasteiger partial charge is 0.455 e. The third-order valence-electron chi connectivity index (χ3n) is 4.67. The van der Waals surface area contributed by atoms with Gasteiger partial charge in [-0.25, -0.2) is 0 Å². The van der Waals surface area contributed by atoms with Crippen molar-refractivity contribution in [3.05, 3.63) is 24.3 Å². The van der Waals surface area contributed by atoms with Crippen molar-refractivity contribution >= 4 is 29.1 Å². The van der Waals surface area contributed by atoms with Gasteiger partial charge in [0.15, 0.2) is 0 Å². The Balaban J connectivity index is 2.12. The van der Waals surface area contributed by atoms with Crippen molar-refractivity contribution in [1.29, 1.82) is 0 Å². The second kappa shape index (κ2) is 9.24. The summed E-state index contributed by atoms with van der Waals surface area (Å²) in [6.45, 7) is -2.06. The molecule has 1 aliphatic heterocycles. The van der Waals surface area contributed by atoms with Crippen LogP contribution in [0.1, 0.15) is 6.92 Å². The SMILES string of the molecule is C[C@](O)(C(=O)NCC(F)(F)C(F)(F)F)C(=O)N[C@H]1CN(CCO)c2ccccc2NC1=O. The molecule has 1 heterocycles. The Hall–Kier alpha value is -3.00. The summed E-state index contributed by atoms with van der Waals surface area (Å²) in [7, 11) is 0. The molecule has 3 amide bonds. The lowest BCUT2D eigenvalue weighted by molar-refractivity contribution is -0.278. The first kappa shape index (κ1) is 25.3. The zero-order valence-electron chi connectivity index (χ0n) is 16.7. The summed E-state index contributed by atoms with van der Waals surface area (Å²) < 4.78 is 62.7. The number of aliphatic hydroxyl groups is 2. The van der Waals surface area contributed by atoms with Gasteiger partial charge in [-0.3, -0.25) is 14.4 Å². The Morgan fingerprint density at radius 2 is 1.81 bits per heavy atom. The fourth-order valence-corrected chi connectivity index (χ4v) is 2.79. The smallest absolute Gasteiger partial charge is 0.395 e. The standard InChI is InChI=1S/C18H21F5N4O5/c1-16(32,14(30)24-9-17(19,20)18(21,22)23)15(31)26-11-8-27(6-7-28)12-5-3-2-4-10(12)25-13(11)29/h2-5,11,28,32H,6-9H2,1H3,(H,24,30)(H,25,29)(H,26,31)/t11-,16-/m0/s1. The summed E-state index contributed by atoms with van der Waals surface area (Å²) >= 11 is 0. The van der Waals surface area contributed by atoms with Gasteiger partial charge in [0.2, 0.25) is 11.5 Å². The minimum atomic E-state index is -5.95. The van der Waals surface area contributed by atoms with Crippen LogP contribution in [0.15, 0.2) is 24.3 Å². The molecule has 2 atom stereocenters. The minimum Gasteiger partial charge on any atom is -0.395 e. The van der Waals surface area contributed by atoms with Crippen LogP contribution in [0.4, 0.5) is 33.3 Å². The average Bonchev–Trinajstić information content (AvgIpc) is 2.82. The number of carbonyl (C=O) groups excluding carboxylic acids is 3. The highest BCUT2D eigenvalue weighted by molar-refractivity contribution is 6.10. The topological polar surface area (TPSA) is 131 Å². The van der Waals surface area contributed by atoms with E-state index >= 15 is 0 Å². The molecule has 1 aromatic carbocycles. The average molecular weight is 468 g/mol. The Labute approximate surface area is 178 Å². The summed E-state index contributed by atoms with van der Waals surface area (Å²) in [6, 6.07) is 5.13. The molecule has 0 spiro atoms. The van der Waals surface area contributed by atoms with Gasteiger partial charge in [-0.05, 0) is 19.1 Å². The lowest BCUT2D eigenvalue weighted by atomic mass is 10.0. The molecule has 14 heteroatoms. The van der Waals surface area contributed by atoms with E-state index in [-0.39, 0.29) is 19.7 Å². The van der Waals surface area contributed by atoms with Crippen LogP contribution in [0, 0.1) is 0 Å². The minimum absolute atomic E-state index is 0.0573. The van der Waals surface area contributed by atoms with Crippen molar-refractivity contribution in [2.45, 2.75) is 30.7 Å². The quantitative estimate of drug-likeness (QED) is 0.283. The first-order chi connectivity index (χ1) is 14.7. The van der Waals surface area contributed by atoms with Crippen LogP contribution in [-0.2, 0) is 14.4 Å². The number of anilines is 2. The molecule has 0 aliphatic carbocycles. The van der Waals surface area contributed by atoms with E-state index in [4.69, 9.17) is 0 Å². The van der Waals surface area contributed by atoms with Crippen LogP contribution in [0.2, 0.25) is 0 Å². The molecule has 1 aliphatic rings. The van der Waals surface area contributed by atoms with Crippen LogP contribution in [0.25, 0.3) is 0 Å². The molecule has 0 saturated carbocycles. The van der Waals surface area contributed by atoms with Crippen molar-refractivity contribution in [3.8, 4) is 0 Å². The molecule has 2 rings (SSSR count). The zero-order chi connectivity index (χ0) is 24.3. The third-order valence-corrected chi connectivity index (χ3v) is 4.67. The molecule has 0 unspecified atom stereocenters. The predicted octanol–water partition coefficient (Wildman–Crippen LogP) is -0.0130. The highest BCUT2D eigenvalue weighted by atomic mass is 19.4. The molecule has 0 fully saturated rings. The number of benzene rings is 1. The van der Waals surface area contributed by atoms with E-state index in [9.17, 15) is 46.5 Å². The summed E-state index contributed by atoms with van der Waals surface area (Å²) in [5, 5.41) is 25.2. The van der Waals surface area contributed by atoms with Gasteiger partial charge in [-0.1, -0.05) is 12.1 Å². The van der Waals surface area contributed by atoms with Gasteiger partial charge in [-0.2, -0.15) is 22.0 Å². The molecule has 0 saturated heterocycles. The fraction of sp³-hybridized carbons (Fsp3) is 0.500. The molecule has 0 radical (unpaired) electrons. The van der Waals surface area contributed by atoms with E-state index in [1.165, 1.54) is 10.2 Å². The van der Waals surface area contributed by atoms with Crippen molar-refractivity contribution in [2.24, 2.45) is 0 Å². The number of rotatable bonds is 7. The first-order valence-electron chi connectivity index (χ1n) is 9.22. The number of amides is 3. The molecule has 0 bridgehead atoms. The van der Waals surface area contributed by atoms with E-state index < -0.39 is 48.0 Å². The Morgan fingerprint density at radius 1 is 1.19 bits per heavy atom. The number of halogens is 5. The van der Waals surface area contributed by atoms with Crippen LogP contribution < -0.4 is 20.9 Å². The number of β-amino-alcohol motifs (C(OH)–C–C–N with tert-alkyl or cyclic N) is 1. The van der Waals surface area contributed by atoms with Gasteiger partial charge in [0.05, 0.1) is 24.5 Å². The van der Waals surface area contributed by atoms with Gasteiger partial charge in [0, 0.05) is 13.1 Å². The monoisotopic (exact) mass is 468 g/mol. The molecule has 32 heavy (non-hydrogen) atoms. The van der Waals surface area contributed by atoms with Gasteiger partial charge in [0.25, 0.3) is 11.8 Å². The fourth-order valence-electron chi connectivity index (χ4n) is 2.79. The van der Waals surface area contributed by atoms with Crippen LogP contribution in [0.5, 0.6) is 0 Å². The summed E-state index contributed by atoms with van der Waals surface area (Å²) in [5.74, 6) is -9.35. The Kier molecular flexibility index (Phi) is 7.29. The summed E-state index contributed by atoms with van der Waals surface area (Å²) in [5.41, 5.74) is -2.18. The third kappa shape index (κ3) is 5.43. The number of carbonyl (C=O) groups is 3. The molecular formula is C18H21F5N4O5. The van der Waals surface area contributed by atoms with Gasteiger partial charge < -0.3 is 31.1 Å². The van der Waals surface area contributed by atoms with Crippen molar-refractivity contribution < 1.29 is 46.5 Å². The van der Waals surface area contributed by atoms with Gasteiger partial charge in [0.1, 0.15) is 6.04 Å². The van der Waals surface area contributed by atoms with Gasteiger partial charge >= 0.3 is 12.1 Å². The first-order valence-corrected chi connectivity index (χ1v) is 9.22. The van der Waals surface area contributed by atoms with Crippen LogP contribution >= 0.6 is 0 Å². The maximum absolute atomic E-state index is 13.0. The lowest BCUT2D eigenvalue weighted by Gasteiger charge is -2.28. The van der Waals surface area contributed by atoms with E-state index in [1.807, 2.05) is 0 Å². The molecule has 178 valence electrons. The molecule has 9 nitrogen and oxygen atoms in total. The number of fused-ring (bicyclic) bond motifs is 1. The van der Waals surface area contributed by atoms with Gasteiger partial charge in [-0.15, -0.1) is 0 Å². The van der Waals surface area contributed by atoms with Crippen LogP contribution in [0.3, 0.4) is 0 Å². The van der Waals surface area contributed by atoms with Crippen molar-refractivity contribution in [1.82, 2.24) is 10.6 Å². The highest BCUT2D eigenvalue weighted by Gasteiger charge is 2.58. The normalized spacial score (nSPS) is 18.7. The number of nitrogens with one attached hydrogen (secondary N) is 3. The predicted molar refractivity (Wildman–Crippen MR) is 101 cm³/mol. The van der Waals surface area contributed by atoms with E-state index in [2.05, 4.69) is 10.6 Å². The number of hydrogen-bond acceptors (Lipinski definition) is 6. The highest BCUT2D eigenvalue weighted by Crippen LogP contribution is 2.34. The summed E-state index contributed by atoms with van der Waals surface area (Å²) in [4.78, 5) is 38.4. The maximum atomic E-state index is 13.0. The number of nitrogens with zero attached hydrogens (tertiary/aromatic N) is 1. The molecular weight excluding hydrogens is 447 g/mol. The zero-order valence-corrected chi connectivity index (χ0v) is 16.7. The summed E-state index contributed by atoms with van der Waals surface area (Å²) in [6.07, 6.45) is -5.95. The molecule has 1 aromatic rings. The van der Waals surface area contributed by atoms with Crippen molar-refractivity contribution in [2.75, 3.05) is 36.5 Å². The number of aliphatic hydroxyl groups excluding tert-OH is 1. The second-order valence-electron chi connectivity index (χ2n) is 7.16. The molecule has 0 aromatic heterocycles. The number of alkyl halides is 5. The Bertz CT molecular complexity index is 878. The van der Waals surface area contributed by atoms with Crippen LogP contribution in [-0.4, -0.2) is 77.9 Å². The van der Waals surface area contributed by atoms with Crippen molar-refractivity contribution in [3.63, 3.8) is 0 Å². The second-order valence-corrected chi connectivity index (χ2v) is 7.16. The van der Waals surface area contributed by atoms with E-state index in [0.29, 0.717) is 18.3 Å². The molecule has 5 N–H and O–H groups in total. The maximum Gasteiger partial charge on any atom is 0.455 e. The Morgan fingerprint density at radius 3 is 2.41 bits per heavy atom. The number of para-hydroxylation sites is 2. The van der Waals surface area contributed by atoms with E-state index in [0.717, 1.165) is 0 Å². The number of hydrogen-bond donors (Lipinski definition) is 5. The van der Waals surface area contributed by atoms with E-state index in [1.54, 1.807) is 24.3 Å². The lowest BCUT2D eigenvalue weighted by Crippen LogP contribution is -2.61.